The predicted octanol–water partition coefficient (Wildman–Crippen LogP) is 2.79. The van der Waals surface area contributed by atoms with Gasteiger partial charge in [0.25, 0.3) is 5.91 Å². The fraction of sp³-hybridized carbons (Fsp3) is 0.0667. The van der Waals surface area contributed by atoms with Crippen molar-refractivity contribution in [1.29, 1.82) is 0 Å². The third kappa shape index (κ3) is 3.17. The van der Waals surface area contributed by atoms with Crippen LogP contribution in [0.3, 0.4) is 0 Å². The summed E-state index contributed by atoms with van der Waals surface area (Å²) in [5, 5.41) is 21.0. The van der Waals surface area contributed by atoms with Crippen LogP contribution in [0.1, 0.15) is 26.3 Å². The van der Waals surface area contributed by atoms with Gasteiger partial charge < -0.3 is 15.5 Å². The highest BCUT2D eigenvalue weighted by Gasteiger charge is 2.14. The molecule has 0 aromatic heterocycles. The second-order valence-corrected chi connectivity index (χ2v) is 4.45. The Labute approximate surface area is 119 Å². The number of aromatic carboxylic acids is 1. The number of hydrogen-bond donors (Lipinski definition) is 3. The molecule has 0 aliphatic carbocycles. The van der Waals surface area contributed by atoms with Gasteiger partial charge in [-0.25, -0.2) is 9.18 Å². The monoisotopic (exact) mass is 289 g/mol. The first kappa shape index (κ1) is 14.5. The number of carboxylic acids is 1. The molecule has 0 bridgehead atoms. The van der Waals surface area contributed by atoms with E-state index >= 15 is 0 Å². The summed E-state index contributed by atoms with van der Waals surface area (Å²) in [5.41, 5.74) is 0.793. The van der Waals surface area contributed by atoms with E-state index < -0.39 is 23.4 Å². The van der Waals surface area contributed by atoms with Crippen LogP contribution in [0.5, 0.6) is 5.75 Å². The first-order valence-electron chi connectivity index (χ1n) is 6.02. The predicted molar refractivity (Wildman–Crippen MR) is 74.2 cm³/mol. The standard InChI is InChI=1S/C15H12FNO4/c1-8-2-4-10(7-12(8)15(20)21)17-14(19)11-5-3-9(16)6-13(11)18/h2-7,18H,1H3,(H,17,19)(H,20,21). The number of hydrogen-bond acceptors (Lipinski definition) is 3. The SMILES string of the molecule is Cc1ccc(NC(=O)c2ccc(F)cc2O)cc1C(=O)O. The molecule has 3 N–H and O–H groups in total. The number of carboxylic acid groups (broad SMARTS) is 1. The van der Waals surface area contributed by atoms with Crippen LogP contribution in [0.4, 0.5) is 10.1 Å². The molecule has 2 aromatic rings. The number of carbonyl (C=O) groups is 2. The van der Waals surface area contributed by atoms with Gasteiger partial charge in [0.05, 0.1) is 11.1 Å². The molecular formula is C15H12FNO4. The van der Waals surface area contributed by atoms with Crippen molar-refractivity contribution in [3.8, 4) is 5.75 Å². The molecule has 0 spiro atoms. The van der Waals surface area contributed by atoms with Gasteiger partial charge in [0, 0.05) is 11.8 Å². The van der Waals surface area contributed by atoms with Crippen LogP contribution in [0.25, 0.3) is 0 Å². The number of rotatable bonds is 3. The third-order valence-corrected chi connectivity index (χ3v) is 2.93. The molecule has 0 saturated carbocycles. The number of aryl methyl sites for hydroxylation is 1. The Morgan fingerprint density at radius 1 is 1.10 bits per heavy atom. The lowest BCUT2D eigenvalue weighted by atomic mass is 10.1. The van der Waals surface area contributed by atoms with Crippen LogP contribution in [-0.4, -0.2) is 22.1 Å². The molecule has 21 heavy (non-hydrogen) atoms. The van der Waals surface area contributed by atoms with Crippen molar-refractivity contribution in [2.24, 2.45) is 0 Å². The van der Waals surface area contributed by atoms with Crippen molar-refractivity contribution in [2.45, 2.75) is 6.92 Å². The third-order valence-electron chi connectivity index (χ3n) is 2.93. The number of phenols is 1. The zero-order chi connectivity index (χ0) is 15.6. The zero-order valence-electron chi connectivity index (χ0n) is 11.1. The number of anilines is 1. The van der Waals surface area contributed by atoms with Gasteiger partial charge in [0.2, 0.25) is 0 Å². The topological polar surface area (TPSA) is 86.6 Å². The Kier molecular flexibility index (Phi) is 3.89. The Morgan fingerprint density at radius 3 is 2.43 bits per heavy atom. The number of aromatic hydroxyl groups is 1. The largest absolute Gasteiger partial charge is 0.507 e. The maximum atomic E-state index is 12.9. The van der Waals surface area contributed by atoms with Gasteiger partial charge in [-0.1, -0.05) is 6.07 Å². The highest BCUT2D eigenvalue weighted by molar-refractivity contribution is 6.06. The molecule has 6 heteroatoms. The molecule has 0 saturated heterocycles. The molecule has 0 radical (unpaired) electrons. The van der Waals surface area contributed by atoms with Gasteiger partial charge in [-0.3, -0.25) is 4.79 Å². The molecule has 0 aliphatic heterocycles. The number of amides is 1. The second kappa shape index (κ2) is 5.62. The lowest BCUT2D eigenvalue weighted by Gasteiger charge is -2.09. The summed E-state index contributed by atoms with van der Waals surface area (Å²) in [4.78, 5) is 23.0. The van der Waals surface area contributed by atoms with E-state index in [1.165, 1.54) is 6.07 Å². The van der Waals surface area contributed by atoms with Crippen molar-refractivity contribution < 1.29 is 24.2 Å². The van der Waals surface area contributed by atoms with E-state index in [9.17, 15) is 19.1 Å². The molecule has 0 heterocycles. The average molecular weight is 289 g/mol. The van der Waals surface area contributed by atoms with Gasteiger partial charge in [-0.2, -0.15) is 0 Å². The Balaban J connectivity index is 2.27. The van der Waals surface area contributed by atoms with Crippen molar-refractivity contribution in [1.82, 2.24) is 0 Å². The van der Waals surface area contributed by atoms with Crippen molar-refractivity contribution in [3.63, 3.8) is 0 Å². The van der Waals surface area contributed by atoms with Crippen LogP contribution >= 0.6 is 0 Å². The molecule has 1 amide bonds. The Bertz CT molecular complexity index is 728. The molecule has 0 aliphatic rings. The summed E-state index contributed by atoms with van der Waals surface area (Å²) in [5.74, 6) is -2.91. The average Bonchev–Trinajstić information content (AvgIpc) is 2.40. The second-order valence-electron chi connectivity index (χ2n) is 4.45. The van der Waals surface area contributed by atoms with E-state index in [1.54, 1.807) is 19.1 Å². The smallest absolute Gasteiger partial charge is 0.336 e. The van der Waals surface area contributed by atoms with Gasteiger partial charge in [0.1, 0.15) is 11.6 Å². The number of phenolic OH excluding ortho intramolecular Hbond substituents is 1. The molecule has 2 rings (SSSR count). The first-order chi connectivity index (χ1) is 9.88. The van der Waals surface area contributed by atoms with E-state index in [4.69, 9.17) is 5.11 Å². The maximum Gasteiger partial charge on any atom is 0.336 e. The van der Waals surface area contributed by atoms with Crippen molar-refractivity contribution >= 4 is 17.6 Å². The van der Waals surface area contributed by atoms with E-state index in [-0.39, 0.29) is 16.8 Å². The van der Waals surface area contributed by atoms with E-state index in [2.05, 4.69) is 5.32 Å². The van der Waals surface area contributed by atoms with Crippen LogP contribution in [0.2, 0.25) is 0 Å². The summed E-state index contributed by atoms with van der Waals surface area (Å²) in [6.45, 7) is 1.64. The van der Waals surface area contributed by atoms with E-state index in [0.717, 1.165) is 18.2 Å². The molecule has 108 valence electrons. The minimum absolute atomic E-state index is 0.0659. The zero-order valence-corrected chi connectivity index (χ0v) is 11.1. The maximum absolute atomic E-state index is 12.9. The molecule has 0 unspecified atom stereocenters. The molecule has 2 aromatic carbocycles. The first-order valence-corrected chi connectivity index (χ1v) is 6.02. The van der Waals surface area contributed by atoms with Crippen LogP contribution < -0.4 is 5.32 Å². The van der Waals surface area contributed by atoms with Crippen LogP contribution in [-0.2, 0) is 0 Å². The minimum Gasteiger partial charge on any atom is -0.507 e. The number of halogens is 1. The Morgan fingerprint density at radius 2 is 1.81 bits per heavy atom. The van der Waals surface area contributed by atoms with Gasteiger partial charge in [0.15, 0.2) is 0 Å². The molecular weight excluding hydrogens is 277 g/mol. The number of carbonyl (C=O) groups excluding carboxylic acids is 1. The van der Waals surface area contributed by atoms with Gasteiger partial charge >= 0.3 is 5.97 Å². The lowest BCUT2D eigenvalue weighted by Crippen LogP contribution is -2.13. The minimum atomic E-state index is -1.10. The molecule has 0 fully saturated rings. The van der Waals surface area contributed by atoms with Crippen LogP contribution in [0, 0.1) is 12.7 Å². The normalized spacial score (nSPS) is 10.2. The fourth-order valence-electron chi connectivity index (χ4n) is 1.83. The lowest BCUT2D eigenvalue weighted by molar-refractivity contribution is 0.0695. The summed E-state index contributed by atoms with van der Waals surface area (Å²) in [6, 6.07) is 7.44. The van der Waals surface area contributed by atoms with Crippen LogP contribution in [0.15, 0.2) is 36.4 Å². The highest BCUT2D eigenvalue weighted by atomic mass is 19.1. The number of nitrogens with one attached hydrogen (secondary N) is 1. The van der Waals surface area contributed by atoms with Crippen molar-refractivity contribution in [2.75, 3.05) is 5.32 Å². The number of benzene rings is 2. The summed E-state index contributed by atoms with van der Waals surface area (Å²) >= 11 is 0. The fourth-order valence-corrected chi connectivity index (χ4v) is 1.83. The highest BCUT2D eigenvalue weighted by Crippen LogP contribution is 2.21. The molecule has 5 nitrogen and oxygen atoms in total. The quantitative estimate of drug-likeness (QED) is 0.811. The van der Waals surface area contributed by atoms with Crippen molar-refractivity contribution in [3.05, 3.63) is 58.9 Å². The Hall–Kier alpha value is -2.89. The van der Waals surface area contributed by atoms with E-state index in [0.29, 0.717) is 5.56 Å². The van der Waals surface area contributed by atoms with Gasteiger partial charge in [-0.15, -0.1) is 0 Å². The van der Waals surface area contributed by atoms with E-state index in [1.807, 2.05) is 0 Å². The van der Waals surface area contributed by atoms with Gasteiger partial charge in [-0.05, 0) is 36.8 Å². The summed E-state index contributed by atoms with van der Waals surface area (Å²) < 4.78 is 12.9. The summed E-state index contributed by atoms with van der Waals surface area (Å²) in [7, 11) is 0. The summed E-state index contributed by atoms with van der Waals surface area (Å²) in [6.07, 6.45) is 0. The molecule has 0 atom stereocenters.